The molecule has 1 unspecified atom stereocenters. The van der Waals surface area contributed by atoms with E-state index >= 15 is 0 Å². The van der Waals surface area contributed by atoms with Crippen LogP contribution in [0.5, 0.6) is 0 Å². The predicted octanol–water partition coefficient (Wildman–Crippen LogP) is 3.54. The van der Waals surface area contributed by atoms with Crippen LogP contribution in [0.3, 0.4) is 0 Å². The van der Waals surface area contributed by atoms with E-state index < -0.39 is 0 Å². The molecule has 1 aromatic carbocycles. The summed E-state index contributed by atoms with van der Waals surface area (Å²) in [4.78, 5) is 29.5. The molecule has 1 saturated heterocycles. The normalized spacial score (nSPS) is 20.7. The van der Waals surface area contributed by atoms with E-state index in [0.29, 0.717) is 30.0 Å². The number of carbonyl (C=O) groups is 1. The van der Waals surface area contributed by atoms with E-state index in [1.54, 1.807) is 0 Å². The number of pyridine rings is 1. The lowest BCUT2D eigenvalue weighted by molar-refractivity contribution is -0.122. The van der Waals surface area contributed by atoms with Crippen LogP contribution >= 0.6 is 15.9 Å². The summed E-state index contributed by atoms with van der Waals surface area (Å²) in [6, 6.07) is 4.20. The number of hydrogen-bond donors (Lipinski definition) is 1. The summed E-state index contributed by atoms with van der Waals surface area (Å²) in [5.74, 6) is 0.433. The Bertz CT molecular complexity index is 1130. The van der Waals surface area contributed by atoms with Gasteiger partial charge in [0.25, 0.3) is 5.56 Å². The molecule has 1 atom stereocenters. The minimum Gasteiger partial charge on any atom is -0.439 e. The van der Waals surface area contributed by atoms with Gasteiger partial charge in [-0.3, -0.25) is 9.59 Å². The molecule has 26 heavy (non-hydrogen) atoms. The highest BCUT2D eigenvalue weighted by Crippen LogP contribution is 2.40. The quantitative estimate of drug-likeness (QED) is 0.694. The largest absolute Gasteiger partial charge is 0.439 e. The Labute approximate surface area is 157 Å². The van der Waals surface area contributed by atoms with E-state index in [1.165, 1.54) is 0 Å². The summed E-state index contributed by atoms with van der Waals surface area (Å²) in [5, 5.41) is 3.73. The fourth-order valence-electron chi connectivity index (χ4n) is 3.90. The number of halogens is 1. The first kappa shape index (κ1) is 16.1. The van der Waals surface area contributed by atoms with Gasteiger partial charge in [-0.15, -0.1) is 0 Å². The number of piperidine rings is 1. The van der Waals surface area contributed by atoms with Crippen molar-refractivity contribution in [2.45, 2.75) is 44.6 Å². The van der Waals surface area contributed by atoms with Crippen molar-refractivity contribution in [3.63, 3.8) is 0 Å². The van der Waals surface area contributed by atoms with E-state index in [0.717, 1.165) is 40.2 Å². The molecule has 134 valence electrons. The van der Waals surface area contributed by atoms with Gasteiger partial charge in [0.1, 0.15) is 0 Å². The molecule has 0 spiro atoms. The zero-order valence-electron chi connectivity index (χ0n) is 14.3. The van der Waals surface area contributed by atoms with Crippen molar-refractivity contribution in [1.29, 1.82) is 0 Å². The monoisotopic (exact) mass is 415 g/mol. The Hall–Kier alpha value is -2.15. The molecule has 2 fully saturated rings. The molecule has 5 rings (SSSR count). The van der Waals surface area contributed by atoms with Crippen LogP contribution in [0.15, 0.2) is 25.8 Å². The van der Waals surface area contributed by atoms with Crippen LogP contribution in [0, 0.1) is 6.92 Å². The molecule has 0 bridgehead atoms. The van der Waals surface area contributed by atoms with Gasteiger partial charge in [0.05, 0.1) is 5.52 Å². The zero-order chi connectivity index (χ0) is 18.0. The smallest absolute Gasteiger partial charge is 0.281 e. The first-order valence-corrected chi connectivity index (χ1v) is 9.74. The molecule has 2 aromatic heterocycles. The topological polar surface area (TPSA) is 77.1 Å². The van der Waals surface area contributed by atoms with E-state index in [-0.39, 0.29) is 23.4 Å². The minimum absolute atomic E-state index is 0.00327. The van der Waals surface area contributed by atoms with Gasteiger partial charge in [-0.1, -0.05) is 15.9 Å². The highest BCUT2D eigenvalue weighted by Gasteiger charge is 2.31. The Kier molecular flexibility index (Phi) is 3.50. The number of amides is 1. The van der Waals surface area contributed by atoms with Gasteiger partial charge in [0.15, 0.2) is 17.0 Å². The van der Waals surface area contributed by atoms with Crippen LogP contribution in [0.2, 0.25) is 0 Å². The first-order chi connectivity index (χ1) is 12.5. The summed E-state index contributed by atoms with van der Waals surface area (Å²) >= 11 is 3.58. The standard InChI is InChI=1S/C19H18BrN3O3/c1-9-13(20)5-4-12-16(9)23(11-2-3-11)19(25)15-17(12)26-18(22-15)10-6-7-21-14(24)8-10/h4-5,10-11H,2-3,6-8H2,1H3,(H,21,24). The number of rotatable bonds is 2. The van der Waals surface area contributed by atoms with Gasteiger partial charge in [0.2, 0.25) is 5.91 Å². The van der Waals surface area contributed by atoms with Crippen molar-refractivity contribution in [3.8, 4) is 0 Å². The molecular weight excluding hydrogens is 398 g/mol. The first-order valence-electron chi connectivity index (χ1n) is 8.95. The second-order valence-electron chi connectivity index (χ2n) is 7.24. The third-order valence-corrected chi connectivity index (χ3v) is 6.28. The maximum absolute atomic E-state index is 13.2. The molecule has 2 aliphatic rings. The van der Waals surface area contributed by atoms with Gasteiger partial charge >= 0.3 is 0 Å². The lowest BCUT2D eigenvalue weighted by atomic mass is 9.98. The fourth-order valence-corrected chi connectivity index (χ4v) is 4.22. The molecule has 3 aromatic rings. The summed E-state index contributed by atoms with van der Waals surface area (Å²) in [6.07, 6.45) is 3.16. The van der Waals surface area contributed by atoms with Crippen LogP contribution in [-0.2, 0) is 4.79 Å². The molecule has 0 radical (unpaired) electrons. The van der Waals surface area contributed by atoms with E-state index in [4.69, 9.17) is 4.42 Å². The van der Waals surface area contributed by atoms with E-state index in [9.17, 15) is 9.59 Å². The Balaban J connectivity index is 1.81. The molecule has 7 heteroatoms. The molecule has 6 nitrogen and oxygen atoms in total. The number of hydrogen-bond acceptors (Lipinski definition) is 4. The van der Waals surface area contributed by atoms with Crippen LogP contribution in [0.1, 0.15) is 49.1 Å². The van der Waals surface area contributed by atoms with Gasteiger partial charge in [0, 0.05) is 34.8 Å². The van der Waals surface area contributed by atoms with Gasteiger partial charge < -0.3 is 14.3 Å². The molecule has 1 N–H and O–H groups in total. The number of aryl methyl sites for hydroxylation is 1. The average molecular weight is 416 g/mol. The zero-order valence-corrected chi connectivity index (χ0v) is 15.9. The average Bonchev–Trinajstić information content (AvgIpc) is 3.35. The number of oxazole rings is 1. The SMILES string of the molecule is Cc1c(Br)ccc2c3oc(C4CCNC(=O)C4)nc3c(=O)n(C3CC3)c12. The minimum atomic E-state index is -0.0912. The van der Waals surface area contributed by atoms with Gasteiger partial charge in [-0.05, 0) is 43.9 Å². The number of fused-ring (bicyclic) bond motifs is 3. The van der Waals surface area contributed by atoms with Gasteiger partial charge in [-0.25, -0.2) is 4.98 Å². The highest BCUT2D eigenvalue weighted by atomic mass is 79.9. The van der Waals surface area contributed by atoms with Crippen molar-refractivity contribution < 1.29 is 9.21 Å². The third kappa shape index (κ3) is 2.33. The van der Waals surface area contributed by atoms with E-state index in [2.05, 4.69) is 26.2 Å². The summed E-state index contributed by atoms with van der Waals surface area (Å²) < 4.78 is 8.94. The number of benzene rings is 1. The lowest BCUT2D eigenvalue weighted by Crippen LogP contribution is -2.32. The predicted molar refractivity (Wildman–Crippen MR) is 101 cm³/mol. The van der Waals surface area contributed by atoms with Crippen molar-refractivity contribution in [2.24, 2.45) is 0 Å². The number of nitrogens with zero attached hydrogens (tertiary/aromatic N) is 2. The van der Waals surface area contributed by atoms with Crippen LogP contribution < -0.4 is 10.9 Å². The highest BCUT2D eigenvalue weighted by molar-refractivity contribution is 9.10. The second-order valence-corrected chi connectivity index (χ2v) is 8.10. The Morgan fingerprint density at radius 2 is 2.08 bits per heavy atom. The fraction of sp³-hybridized carbons (Fsp3) is 0.421. The molecule has 1 aliphatic carbocycles. The lowest BCUT2D eigenvalue weighted by Gasteiger charge is -2.18. The molecule has 1 amide bonds. The number of carbonyl (C=O) groups excluding carboxylic acids is 1. The Morgan fingerprint density at radius 3 is 2.81 bits per heavy atom. The van der Waals surface area contributed by atoms with E-state index in [1.807, 2.05) is 23.6 Å². The van der Waals surface area contributed by atoms with Crippen molar-refractivity contribution in [3.05, 3.63) is 38.4 Å². The number of aromatic nitrogens is 2. The van der Waals surface area contributed by atoms with Gasteiger partial charge in [-0.2, -0.15) is 0 Å². The van der Waals surface area contributed by atoms with Crippen molar-refractivity contribution >= 4 is 43.8 Å². The molecule has 1 aliphatic heterocycles. The molecule has 1 saturated carbocycles. The van der Waals surface area contributed by atoms with Crippen LogP contribution in [0.25, 0.3) is 22.0 Å². The summed E-state index contributed by atoms with van der Waals surface area (Å²) in [5.41, 5.74) is 2.78. The second kappa shape index (κ2) is 5.67. The van der Waals surface area contributed by atoms with Crippen LogP contribution in [0.4, 0.5) is 0 Å². The Morgan fingerprint density at radius 1 is 1.27 bits per heavy atom. The maximum atomic E-state index is 13.2. The third-order valence-electron chi connectivity index (χ3n) is 5.42. The molecular formula is C19H18BrN3O3. The number of nitrogens with one attached hydrogen (secondary N) is 1. The summed E-state index contributed by atoms with van der Waals surface area (Å²) in [6.45, 7) is 2.63. The maximum Gasteiger partial charge on any atom is 0.281 e. The van der Waals surface area contributed by atoms with Crippen LogP contribution in [-0.4, -0.2) is 22.0 Å². The molecule has 3 heterocycles. The summed E-state index contributed by atoms with van der Waals surface area (Å²) in [7, 11) is 0. The van der Waals surface area contributed by atoms with Crippen molar-refractivity contribution in [2.75, 3.05) is 6.54 Å². The van der Waals surface area contributed by atoms with Crippen molar-refractivity contribution in [1.82, 2.24) is 14.9 Å².